The van der Waals surface area contributed by atoms with Crippen LogP contribution in [0.15, 0.2) is 24.3 Å². The van der Waals surface area contributed by atoms with Crippen LogP contribution in [0.1, 0.15) is 51.5 Å². The lowest BCUT2D eigenvalue weighted by Gasteiger charge is -2.40. The third-order valence-corrected chi connectivity index (χ3v) is 4.28. The molecular weight excluding hydrogens is 269 g/mol. The maximum Gasteiger partial charge on any atom is 0.234 e. The molecule has 1 heterocycles. The molecule has 0 spiro atoms. The minimum Gasteiger partial charge on any atom is -0.296 e. The first-order chi connectivity index (χ1) is 9.82. The van der Waals surface area contributed by atoms with Crippen LogP contribution >= 0.6 is 0 Å². The van der Waals surface area contributed by atoms with E-state index in [4.69, 9.17) is 0 Å². The highest BCUT2D eigenvalue weighted by Gasteiger charge is 2.45. The van der Waals surface area contributed by atoms with Crippen LogP contribution in [0, 0.1) is 17.2 Å². The number of nitrogens with one attached hydrogen (secondary N) is 1. The lowest BCUT2D eigenvalue weighted by molar-refractivity contribution is -0.139. The van der Waals surface area contributed by atoms with E-state index in [1.54, 1.807) is 12.1 Å². The second-order valence-electron chi connectivity index (χ2n) is 6.66. The highest BCUT2D eigenvalue weighted by Crippen LogP contribution is 2.45. The number of carbonyl (C=O) groups is 2. The molecule has 1 aliphatic rings. The predicted octanol–water partition coefficient (Wildman–Crippen LogP) is 3.40. The lowest BCUT2D eigenvalue weighted by Crippen LogP contribution is -2.49. The average Bonchev–Trinajstić information content (AvgIpc) is 2.38. The van der Waals surface area contributed by atoms with Crippen LogP contribution in [0.3, 0.4) is 0 Å². The summed E-state index contributed by atoms with van der Waals surface area (Å²) < 4.78 is 13.1. The fourth-order valence-electron chi connectivity index (χ4n) is 3.10. The van der Waals surface area contributed by atoms with Crippen LogP contribution in [0.5, 0.6) is 0 Å². The van der Waals surface area contributed by atoms with Crippen molar-refractivity contribution < 1.29 is 14.0 Å². The first-order valence-electron chi connectivity index (χ1n) is 7.41. The van der Waals surface area contributed by atoms with Crippen molar-refractivity contribution in [1.29, 1.82) is 0 Å². The van der Waals surface area contributed by atoms with Gasteiger partial charge in [0, 0.05) is 6.42 Å². The van der Waals surface area contributed by atoms with Crippen molar-refractivity contribution in [3.8, 4) is 0 Å². The third kappa shape index (κ3) is 3.49. The molecule has 0 aliphatic carbocycles. The molecule has 1 N–H and O–H groups in total. The zero-order valence-corrected chi connectivity index (χ0v) is 12.8. The van der Waals surface area contributed by atoms with Gasteiger partial charge < -0.3 is 0 Å². The van der Waals surface area contributed by atoms with Gasteiger partial charge in [-0.3, -0.25) is 14.9 Å². The smallest absolute Gasteiger partial charge is 0.234 e. The van der Waals surface area contributed by atoms with Gasteiger partial charge in [0.1, 0.15) is 5.82 Å². The monoisotopic (exact) mass is 291 g/mol. The molecule has 0 aromatic heterocycles. The van der Waals surface area contributed by atoms with E-state index < -0.39 is 11.3 Å². The van der Waals surface area contributed by atoms with E-state index in [-0.39, 0.29) is 17.6 Å². The quantitative estimate of drug-likeness (QED) is 0.864. The Morgan fingerprint density at radius 3 is 2.48 bits per heavy atom. The Morgan fingerprint density at radius 1 is 1.29 bits per heavy atom. The minimum atomic E-state index is -0.415. The summed E-state index contributed by atoms with van der Waals surface area (Å²) in [5, 5.41) is 2.41. The van der Waals surface area contributed by atoms with Crippen molar-refractivity contribution in [1.82, 2.24) is 5.32 Å². The van der Waals surface area contributed by atoms with Gasteiger partial charge in [0.2, 0.25) is 11.8 Å². The number of amides is 2. The van der Waals surface area contributed by atoms with Crippen molar-refractivity contribution in [2.75, 3.05) is 0 Å². The van der Waals surface area contributed by atoms with Crippen LogP contribution in [-0.4, -0.2) is 11.8 Å². The Bertz CT molecular complexity index is 538. The van der Waals surface area contributed by atoms with Crippen LogP contribution in [0.2, 0.25) is 0 Å². The lowest BCUT2D eigenvalue weighted by atomic mass is 9.65. The second kappa shape index (κ2) is 5.96. The van der Waals surface area contributed by atoms with Crippen molar-refractivity contribution in [2.45, 2.75) is 46.0 Å². The second-order valence-corrected chi connectivity index (χ2v) is 6.66. The topological polar surface area (TPSA) is 46.2 Å². The van der Waals surface area contributed by atoms with E-state index in [0.29, 0.717) is 12.3 Å². The summed E-state index contributed by atoms with van der Waals surface area (Å²) in [5.74, 6) is -0.714. The summed E-state index contributed by atoms with van der Waals surface area (Å²) in [6.45, 7) is 6.24. The van der Waals surface area contributed by atoms with Gasteiger partial charge >= 0.3 is 0 Å². The highest BCUT2D eigenvalue weighted by atomic mass is 19.1. The molecule has 1 aromatic carbocycles. The number of hydrogen-bond acceptors (Lipinski definition) is 2. The summed E-state index contributed by atoms with van der Waals surface area (Å²) >= 11 is 0. The largest absolute Gasteiger partial charge is 0.296 e. The molecule has 2 amide bonds. The molecule has 2 atom stereocenters. The molecule has 4 heteroatoms. The van der Waals surface area contributed by atoms with Gasteiger partial charge in [0.15, 0.2) is 0 Å². The normalized spacial score (nSPS) is 26.0. The SMILES string of the molecule is CC(C)CCC1(C)CC(=O)NC(=O)C1c1ccc(F)cc1. The van der Waals surface area contributed by atoms with Crippen LogP contribution in [-0.2, 0) is 9.59 Å². The maximum atomic E-state index is 13.1. The standard InChI is InChI=1S/C17H22FNO2/c1-11(2)8-9-17(3)10-14(20)19-16(21)15(17)12-4-6-13(18)7-5-12/h4-7,11,15H,8-10H2,1-3H3,(H,19,20,21). The van der Waals surface area contributed by atoms with Crippen LogP contribution < -0.4 is 5.32 Å². The van der Waals surface area contributed by atoms with Crippen molar-refractivity contribution in [3.63, 3.8) is 0 Å². The number of rotatable bonds is 4. The molecule has 2 unspecified atom stereocenters. The number of hydrogen-bond donors (Lipinski definition) is 1. The van der Waals surface area contributed by atoms with Crippen molar-refractivity contribution >= 4 is 11.8 Å². The average molecular weight is 291 g/mol. The summed E-state index contributed by atoms with van der Waals surface area (Å²) in [4.78, 5) is 24.1. The molecule has 0 bridgehead atoms. The van der Waals surface area contributed by atoms with E-state index >= 15 is 0 Å². The van der Waals surface area contributed by atoms with E-state index in [0.717, 1.165) is 18.4 Å². The van der Waals surface area contributed by atoms with E-state index in [1.807, 2.05) is 6.92 Å². The molecule has 1 aliphatic heterocycles. The van der Waals surface area contributed by atoms with Gasteiger partial charge in [-0.2, -0.15) is 0 Å². The zero-order valence-electron chi connectivity index (χ0n) is 12.8. The molecule has 1 fully saturated rings. The molecular formula is C17H22FNO2. The summed E-state index contributed by atoms with van der Waals surface area (Å²) in [6, 6.07) is 6.01. The van der Waals surface area contributed by atoms with Crippen molar-refractivity contribution in [3.05, 3.63) is 35.6 Å². The van der Waals surface area contributed by atoms with E-state index in [9.17, 15) is 14.0 Å². The minimum absolute atomic E-state index is 0.218. The third-order valence-electron chi connectivity index (χ3n) is 4.28. The number of carbonyl (C=O) groups excluding carboxylic acids is 2. The molecule has 0 radical (unpaired) electrons. The van der Waals surface area contributed by atoms with Gasteiger partial charge in [0.05, 0.1) is 5.92 Å². The molecule has 1 saturated heterocycles. The molecule has 0 saturated carbocycles. The van der Waals surface area contributed by atoms with Gasteiger partial charge in [-0.1, -0.05) is 39.3 Å². The van der Waals surface area contributed by atoms with Crippen molar-refractivity contribution in [2.24, 2.45) is 11.3 Å². The Hall–Kier alpha value is -1.71. The predicted molar refractivity (Wildman–Crippen MR) is 79.1 cm³/mol. The molecule has 3 nitrogen and oxygen atoms in total. The van der Waals surface area contributed by atoms with Gasteiger partial charge in [-0.05, 0) is 35.4 Å². The molecule has 2 rings (SSSR count). The Kier molecular flexibility index (Phi) is 4.45. The Morgan fingerprint density at radius 2 is 1.90 bits per heavy atom. The van der Waals surface area contributed by atoms with Gasteiger partial charge in [-0.15, -0.1) is 0 Å². The first kappa shape index (κ1) is 15.7. The zero-order chi connectivity index (χ0) is 15.6. The van der Waals surface area contributed by atoms with Gasteiger partial charge in [-0.25, -0.2) is 4.39 Å². The fourth-order valence-corrected chi connectivity index (χ4v) is 3.10. The number of piperidine rings is 1. The molecule has 1 aromatic rings. The van der Waals surface area contributed by atoms with E-state index in [1.165, 1.54) is 12.1 Å². The summed E-state index contributed by atoms with van der Waals surface area (Å²) in [5.41, 5.74) is 0.356. The Balaban J connectivity index is 2.34. The van der Waals surface area contributed by atoms with Crippen LogP contribution in [0.4, 0.5) is 4.39 Å². The van der Waals surface area contributed by atoms with E-state index in [2.05, 4.69) is 19.2 Å². The summed E-state index contributed by atoms with van der Waals surface area (Å²) in [6.07, 6.45) is 2.08. The molecule has 21 heavy (non-hydrogen) atoms. The summed E-state index contributed by atoms with van der Waals surface area (Å²) in [7, 11) is 0. The highest BCUT2D eigenvalue weighted by molar-refractivity contribution is 6.02. The number of imide groups is 1. The number of halogens is 1. The number of benzene rings is 1. The maximum absolute atomic E-state index is 13.1. The first-order valence-corrected chi connectivity index (χ1v) is 7.41. The fraction of sp³-hybridized carbons (Fsp3) is 0.529. The van der Waals surface area contributed by atoms with Crippen LogP contribution in [0.25, 0.3) is 0 Å². The molecule has 114 valence electrons. The Labute approximate surface area is 124 Å². The van der Waals surface area contributed by atoms with Gasteiger partial charge in [0.25, 0.3) is 0 Å².